The average molecular weight is 290 g/mol. The Kier molecular flexibility index (Phi) is 4.38. The SMILES string of the molecule is CC(C)CCn1c(/C=C/c2ccccc2)nc2ccccc21. The largest absolute Gasteiger partial charge is 0.324 e. The Morgan fingerprint density at radius 2 is 1.68 bits per heavy atom. The van der Waals surface area contributed by atoms with Crippen LogP contribution < -0.4 is 0 Å². The van der Waals surface area contributed by atoms with Crippen molar-refractivity contribution in [2.75, 3.05) is 0 Å². The second-order valence-electron chi connectivity index (χ2n) is 6.04. The summed E-state index contributed by atoms with van der Waals surface area (Å²) in [4.78, 5) is 4.78. The highest BCUT2D eigenvalue weighted by Gasteiger charge is 2.08. The Morgan fingerprint density at radius 1 is 0.955 bits per heavy atom. The fraction of sp³-hybridized carbons (Fsp3) is 0.250. The fourth-order valence-electron chi connectivity index (χ4n) is 2.58. The lowest BCUT2D eigenvalue weighted by Crippen LogP contribution is -2.03. The minimum Gasteiger partial charge on any atom is -0.324 e. The van der Waals surface area contributed by atoms with Crippen molar-refractivity contribution < 1.29 is 0 Å². The van der Waals surface area contributed by atoms with Crippen LogP contribution in [-0.4, -0.2) is 9.55 Å². The summed E-state index contributed by atoms with van der Waals surface area (Å²) >= 11 is 0. The van der Waals surface area contributed by atoms with E-state index in [0.717, 1.165) is 24.3 Å². The van der Waals surface area contributed by atoms with Gasteiger partial charge in [-0.3, -0.25) is 0 Å². The molecule has 2 aromatic carbocycles. The zero-order valence-corrected chi connectivity index (χ0v) is 13.2. The predicted octanol–water partition coefficient (Wildman–Crippen LogP) is 5.25. The molecule has 1 aromatic heterocycles. The molecule has 2 heteroatoms. The highest BCUT2D eigenvalue weighted by atomic mass is 15.1. The number of aromatic nitrogens is 2. The normalized spacial score (nSPS) is 11.8. The lowest BCUT2D eigenvalue weighted by atomic mass is 10.1. The van der Waals surface area contributed by atoms with Gasteiger partial charge in [0.25, 0.3) is 0 Å². The van der Waals surface area contributed by atoms with Crippen LogP contribution in [0.25, 0.3) is 23.2 Å². The van der Waals surface area contributed by atoms with Crippen molar-refractivity contribution in [3.05, 3.63) is 66.0 Å². The third-order valence-electron chi connectivity index (χ3n) is 3.84. The van der Waals surface area contributed by atoms with Gasteiger partial charge in [-0.25, -0.2) is 4.98 Å². The second-order valence-corrected chi connectivity index (χ2v) is 6.04. The summed E-state index contributed by atoms with van der Waals surface area (Å²) in [5.41, 5.74) is 3.49. The molecular formula is C20H22N2. The molecule has 0 aliphatic carbocycles. The van der Waals surface area contributed by atoms with Gasteiger partial charge in [0, 0.05) is 6.54 Å². The summed E-state index contributed by atoms with van der Waals surface area (Å²) in [6, 6.07) is 18.7. The standard InChI is InChI=1S/C20H22N2/c1-16(2)14-15-22-19-11-7-6-10-18(19)21-20(22)13-12-17-8-4-3-5-9-17/h3-13,16H,14-15H2,1-2H3/b13-12+. The Morgan fingerprint density at radius 3 is 2.45 bits per heavy atom. The molecule has 0 fully saturated rings. The predicted molar refractivity (Wildman–Crippen MR) is 94.6 cm³/mol. The number of benzene rings is 2. The van der Waals surface area contributed by atoms with Gasteiger partial charge in [-0.1, -0.05) is 62.4 Å². The van der Waals surface area contributed by atoms with Crippen molar-refractivity contribution >= 4 is 23.2 Å². The van der Waals surface area contributed by atoms with E-state index in [-0.39, 0.29) is 0 Å². The van der Waals surface area contributed by atoms with E-state index in [1.165, 1.54) is 11.1 Å². The van der Waals surface area contributed by atoms with E-state index in [1.807, 2.05) is 12.1 Å². The number of rotatable bonds is 5. The van der Waals surface area contributed by atoms with Gasteiger partial charge in [-0.05, 0) is 36.1 Å². The van der Waals surface area contributed by atoms with Crippen LogP contribution in [0.3, 0.4) is 0 Å². The Hall–Kier alpha value is -2.35. The highest BCUT2D eigenvalue weighted by molar-refractivity contribution is 5.79. The van der Waals surface area contributed by atoms with Crippen molar-refractivity contribution in [1.29, 1.82) is 0 Å². The third kappa shape index (κ3) is 3.28. The maximum atomic E-state index is 4.78. The number of nitrogens with zero attached hydrogens (tertiary/aromatic N) is 2. The molecule has 0 unspecified atom stereocenters. The minimum absolute atomic E-state index is 0.687. The lowest BCUT2D eigenvalue weighted by molar-refractivity contribution is 0.521. The first-order valence-corrected chi connectivity index (χ1v) is 7.92. The maximum absolute atomic E-state index is 4.78. The molecule has 0 bridgehead atoms. The number of fused-ring (bicyclic) bond motifs is 1. The van der Waals surface area contributed by atoms with Gasteiger partial charge < -0.3 is 4.57 Å². The van der Waals surface area contributed by atoms with Gasteiger partial charge in [0.2, 0.25) is 0 Å². The zero-order valence-electron chi connectivity index (χ0n) is 13.2. The summed E-state index contributed by atoms with van der Waals surface area (Å²) < 4.78 is 2.33. The van der Waals surface area contributed by atoms with Crippen LogP contribution in [0, 0.1) is 5.92 Å². The van der Waals surface area contributed by atoms with E-state index in [0.29, 0.717) is 5.92 Å². The molecule has 0 saturated heterocycles. The number of hydrogen-bond donors (Lipinski definition) is 0. The topological polar surface area (TPSA) is 17.8 Å². The van der Waals surface area contributed by atoms with Crippen LogP contribution in [0.2, 0.25) is 0 Å². The van der Waals surface area contributed by atoms with Crippen molar-refractivity contribution in [2.24, 2.45) is 5.92 Å². The Bertz CT molecular complexity index is 767. The quantitative estimate of drug-likeness (QED) is 0.627. The highest BCUT2D eigenvalue weighted by Crippen LogP contribution is 2.19. The van der Waals surface area contributed by atoms with Gasteiger partial charge in [-0.15, -0.1) is 0 Å². The smallest absolute Gasteiger partial charge is 0.133 e. The first-order valence-electron chi connectivity index (χ1n) is 7.92. The summed E-state index contributed by atoms with van der Waals surface area (Å²) in [5.74, 6) is 1.72. The number of aryl methyl sites for hydroxylation is 1. The molecule has 3 aromatic rings. The Labute approximate surface area is 132 Å². The van der Waals surface area contributed by atoms with Crippen LogP contribution in [0.4, 0.5) is 0 Å². The fourth-order valence-corrected chi connectivity index (χ4v) is 2.58. The van der Waals surface area contributed by atoms with E-state index >= 15 is 0 Å². The molecule has 2 nitrogen and oxygen atoms in total. The van der Waals surface area contributed by atoms with Gasteiger partial charge in [-0.2, -0.15) is 0 Å². The molecule has 0 aliphatic rings. The van der Waals surface area contributed by atoms with E-state index in [9.17, 15) is 0 Å². The van der Waals surface area contributed by atoms with Gasteiger partial charge in [0.15, 0.2) is 0 Å². The first kappa shape index (κ1) is 14.6. The molecule has 112 valence electrons. The third-order valence-corrected chi connectivity index (χ3v) is 3.84. The van der Waals surface area contributed by atoms with Crippen LogP contribution in [-0.2, 0) is 6.54 Å². The number of hydrogen-bond acceptors (Lipinski definition) is 1. The number of imidazole rings is 1. The van der Waals surface area contributed by atoms with Gasteiger partial charge >= 0.3 is 0 Å². The van der Waals surface area contributed by atoms with Crippen molar-refractivity contribution in [3.63, 3.8) is 0 Å². The molecular weight excluding hydrogens is 268 g/mol. The van der Waals surface area contributed by atoms with Crippen LogP contribution in [0.1, 0.15) is 31.7 Å². The lowest BCUT2D eigenvalue weighted by Gasteiger charge is -2.09. The minimum atomic E-state index is 0.687. The average Bonchev–Trinajstić information content (AvgIpc) is 2.89. The monoisotopic (exact) mass is 290 g/mol. The molecule has 22 heavy (non-hydrogen) atoms. The van der Waals surface area contributed by atoms with Crippen LogP contribution >= 0.6 is 0 Å². The zero-order chi connectivity index (χ0) is 15.4. The van der Waals surface area contributed by atoms with Crippen molar-refractivity contribution in [2.45, 2.75) is 26.8 Å². The van der Waals surface area contributed by atoms with Crippen LogP contribution in [0.15, 0.2) is 54.6 Å². The maximum Gasteiger partial charge on any atom is 0.133 e. The molecule has 0 atom stereocenters. The van der Waals surface area contributed by atoms with E-state index < -0.39 is 0 Å². The van der Waals surface area contributed by atoms with E-state index in [1.54, 1.807) is 0 Å². The summed E-state index contributed by atoms with van der Waals surface area (Å²) in [5, 5.41) is 0. The first-order chi connectivity index (χ1) is 10.7. The summed E-state index contributed by atoms with van der Waals surface area (Å²) in [6.07, 6.45) is 5.41. The molecule has 0 N–H and O–H groups in total. The molecule has 0 amide bonds. The summed E-state index contributed by atoms with van der Waals surface area (Å²) in [6.45, 7) is 5.53. The molecule has 3 rings (SSSR count). The summed E-state index contributed by atoms with van der Waals surface area (Å²) in [7, 11) is 0. The van der Waals surface area contributed by atoms with Gasteiger partial charge in [0.1, 0.15) is 5.82 Å². The van der Waals surface area contributed by atoms with E-state index in [2.05, 4.69) is 73.0 Å². The van der Waals surface area contributed by atoms with E-state index in [4.69, 9.17) is 4.98 Å². The molecule has 0 spiro atoms. The number of para-hydroxylation sites is 2. The molecule has 1 heterocycles. The molecule has 0 saturated carbocycles. The Balaban J connectivity index is 1.97. The molecule has 0 radical (unpaired) electrons. The van der Waals surface area contributed by atoms with Crippen LogP contribution in [0.5, 0.6) is 0 Å². The molecule has 0 aliphatic heterocycles. The van der Waals surface area contributed by atoms with Crippen molar-refractivity contribution in [1.82, 2.24) is 9.55 Å². The van der Waals surface area contributed by atoms with Gasteiger partial charge in [0.05, 0.1) is 11.0 Å². The second kappa shape index (κ2) is 6.61. The van der Waals surface area contributed by atoms with Crippen molar-refractivity contribution in [3.8, 4) is 0 Å².